The molecule has 1 heterocycles. The first-order chi connectivity index (χ1) is 9.49. The van der Waals surface area contributed by atoms with Crippen LogP contribution in [0.2, 0.25) is 0 Å². The Labute approximate surface area is 114 Å². The predicted octanol–water partition coefficient (Wildman–Crippen LogP) is 0.290. The average molecular weight is 278 g/mol. The molecule has 0 saturated carbocycles. The lowest BCUT2D eigenvalue weighted by Gasteiger charge is -2.10. The first-order valence-corrected chi connectivity index (χ1v) is 5.94. The van der Waals surface area contributed by atoms with Crippen LogP contribution in [0.15, 0.2) is 18.5 Å². The third-order valence-electron chi connectivity index (χ3n) is 2.87. The highest BCUT2D eigenvalue weighted by atomic mass is 19.1. The van der Waals surface area contributed by atoms with Gasteiger partial charge in [0.15, 0.2) is 0 Å². The van der Waals surface area contributed by atoms with Gasteiger partial charge in [0, 0.05) is 25.7 Å². The van der Waals surface area contributed by atoms with E-state index in [1.54, 1.807) is 10.9 Å². The summed E-state index contributed by atoms with van der Waals surface area (Å²) in [5.41, 5.74) is 11.0. The van der Waals surface area contributed by atoms with Gasteiger partial charge in [0.1, 0.15) is 18.0 Å². The average Bonchev–Trinajstić information content (AvgIpc) is 2.77. The van der Waals surface area contributed by atoms with E-state index in [0.29, 0.717) is 13.0 Å². The summed E-state index contributed by atoms with van der Waals surface area (Å²) >= 11 is 0. The highest BCUT2D eigenvalue weighted by Gasteiger charge is 2.11. The van der Waals surface area contributed by atoms with Gasteiger partial charge in [0.25, 0.3) is 5.91 Å². The van der Waals surface area contributed by atoms with Crippen molar-refractivity contribution in [2.45, 2.75) is 6.42 Å². The summed E-state index contributed by atoms with van der Waals surface area (Å²) in [5, 5.41) is 10.5. The summed E-state index contributed by atoms with van der Waals surface area (Å²) in [6.45, 7) is 0.436. The van der Waals surface area contributed by atoms with E-state index in [-0.39, 0.29) is 16.9 Å². The summed E-state index contributed by atoms with van der Waals surface area (Å²) in [5.74, 6) is -0.465. The maximum absolute atomic E-state index is 13.7. The van der Waals surface area contributed by atoms with Gasteiger partial charge in [-0.2, -0.15) is 0 Å². The number of aryl methyl sites for hydroxylation is 1. The first-order valence-electron chi connectivity index (χ1n) is 5.94. The van der Waals surface area contributed by atoms with Crippen LogP contribution in [0.3, 0.4) is 0 Å². The largest absolute Gasteiger partial charge is 0.398 e. The normalized spacial score (nSPS) is 10.5. The Kier molecular flexibility index (Phi) is 3.83. The lowest BCUT2D eigenvalue weighted by Crippen LogP contribution is -2.15. The zero-order valence-electron chi connectivity index (χ0n) is 10.9. The van der Waals surface area contributed by atoms with Crippen LogP contribution >= 0.6 is 0 Å². The molecule has 1 aromatic carbocycles. The van der Waals surface area contributed by atoms with Crippen LogP contribution in [-0.4, -0.2) is 27.2 Å². The molecule has 5 N–H and O–H groups in total. The van der Waals surface area contributed by atoms with Crippen molar-refractivity contribution < 1.29 is 9.18 Å². The molecule has 0 unspecified atom stereocenters. The fraction of sp³-hybridized carbons (Fsp3) is 0.250. The van der Waals surface area contributed by atoms with Crippen molar-refractivity contribution in [2.24, 2.45) is 12.8 Å². The smallest absolute Gasteiger partial charge is 0.250 e. The van der Waals surface area contributed by atoms with E-state index in [0.717, 1.165) is 11.9 Å². The van der Waals surface area contributed by atoms with Crippen molar-refractivity contribution in [3.05, 3.63) is 35.7 Å². The molecule has 0 aliphatic rings. The van der Waals surface area contributed by atoms with Crippen molar-refractivity contribution >= 4 is 17.3 Å². The van der Waals surface area contributed by atoms with E-state index in [1.807, 2.05) is 7.05 Å². The molecular formula is C12H15FN6O. The molecule has 2 rings (SSSR count). The molecule has 2 aromatic rings. The fourth-order valence-electron chi connectivity index (χ4n) is 1.78. The Hall–Kier alpha value is -2.64. The number of nitrogen functional groups attached to an aromatic ring is 1. The van der Waals surface area contributed by atoms with Crippen LogP contribution in [0.4, 0.5) is 15.8 Å². The summed E-state index contributed by atoms with van der Waals surface area (Å²) < 4.78 is 15.5. The minimum atomic E-state index is -0.696. The van der Waals surface area contributed by atoms with Gasteiger partial charge in [-0.3, -0.25) is 4.79 Å². The molecule has 0 bridgehead atoms. The van der Waals surface area contributed by atoms with Crippen molar-refractivity contribution in [1.82, 2.24) is 14.8 Å². The van der Waals surface area contributed by atoms with Gasteiger partial charge < -0.3 is 21.4 Å². The number of nitrogens with two attached hydrogens (primary N) is 2. The second-order valence-electron chi connectivity index (χ2n) is 4.32. The van der Waals surface area contributed by atoms with Gasteiger partial charge in [-0.1, -0.05) is 0 Å². The van der Waals surface area contributed by atoms with Crippen LogP contribution in [-0.2, 0) is 13.5 Å². The number of carbonyl (C=O) groups is 1. The molecule has 0 radical (unpaired) electrons. The lowest BCUT2D eigenvalue weighted by atomic mass is 10.1. The molecule has 0 aliphatic carbocycles. The SMILES string of the molecule is Cn1cnnc1CCNc1cc(C(N)=O)c(N)cc1F. The van der Waals surface area contributed by atoms with E-state index >= 15 is 0 Å². The van der Waals surface area contributed by atoms with E-state index in [2.05, 4.69) is 15.5 Å². The highest BCUT2D eigenvalue weighted by Crippen LogP contribution is 2.21. The van der Waals surface area contributed by atoms with Crippen LogP contribution in [0, 0.1) is 5.82 Å². The molecule has 8 heteroatoms. The Bertz CT molecular complexity index is 639. The molecule has 0 spiro atoms. The molecule has 0 saturated heterocycles. The fourth-order valence-corrected chi connectivity index (χ4v) is 1.78. The summed E-state index contributed by atoms with van der Waals surface area (Å²) in [6, 6.07) is 2.38. The Balaban J connectivity index is 2.08. The molecule has 0 fully saturated rings. The Morgan fingerprint density at radius 2 is 2.25 bits per heavy atom. The predicted molar refractivity (Wildman–Crippen MR) is 72.5 cm³/mol. The number of hydrogen-bond acceptors (Lipinski definition) is 5. The van der Waals surface area contributed by atoms with E-state index in [4.69, 9.17) is 11.5 Å². The molecular weight excluding hydrogens is 263 g/mol. The minimum absolute atomic E-state index is 0.0221. The summed E-state index contributed by atoms with van der Waals surface area (Å²) in [6.07, 6.45) is 2.15. The molecule has 106 valence electrons. The molecule has 0 atom stereocenters. The van der Waals surface area contributed by atoms with Gasteiger partial charge in [0.05, 0.1) is 11.3 Å². The zero-order chi connectivity index (χ0) is 14.7. The number of aromatic nitrogens is 3. The molecule has 20 heavy (non-hydrogen) atoms. The van der Waals surface area contributed by atoms with Crippen molar-refractivity contribution in [3.8, 4) is 0 Å². The molecule has 7 nitrogen and oxygen atoms in total. The second-order valence-corrected chi connectivity index (χ2v) is 4.32. The van der Waals surface area contributed by atoms with Gasteiger partial charge in [-0.25, -0.2) is 4.39 Å². The zero-order valence-corrected chi connectivity index (χ0v) is 10.9. The van der Waals surface area contributed by atoms with Gasteiger partial charge >= 0.3 is 0 Å². The number of nitrogens with one attached hydrogen (secondary N) is 1. The number of halogens is 1. The van der Waals surface area contributed by atoms with Crippen molar-refractivity contribution in [2.75, 3.05) is 17.6 Å². The molecule has 0 aliphatic heterocycles. The maximum Gasteiger partial charge on any atom is 0.250 e. The first kappa shape index (κ1) is 13.8. The standard InChI is InChI=1S/C12H15FN6O/c1-19-6-17-18-11(19)2-3-16-10-4-7(12(15)20)9(14)5-8(10)13/h4-6,16H,2-3,14H2,1H3,(H2,15,20). The van der Waals surface area contributed by atoms with Crippen molar-refractivity contribution in [1.29, 1.82) is 0 Å². The number of carbonyl (C=O) groups excluding carboxylic acids is 1. The molecule has 1 aromatic heterocycles. The third kappa shape index (κ3) is 2.85. The number of anilines is 2. The monoisotopic (exact) mass is 278 g/mol. The van der Waals surface area contributed by atoms with Crippen LogP contribution < -0.4 is 16.8 Å². The quantitative estimate of drug-likeness (QED) is 0.680. The minimum Gasteiger partial charge on any atom is -0.398 e. The van der Waals surface area contributed by atoms with Crippen LogP contribution in [0.5, 0.6) is 0 Å². The highest BCUT2D eigenvalue weighted by molar-refractivity contribution is 5.99. The topological polar surface area (TPSA) is 112 Å². The Morgan fingerprint density at radius 3 is 2.85 bits per heavy atom. The van der Waals surface area contributed by atoms with Crippen LogP contribution in [0.25, 0.3) is 0 Å². The number of primary amides is 1. The van der Waals surface area contributed by atoms with E-state index in [9.17, 15) is 9.18 Å². The van der Waals surface area contributed by atoms with Gasteiger partial charge in [-0.15, -0.1) is 10.2 Å². The number of rotatable bonds is 5. The van der Waals surface area contributed by atoms with Crippen LogP contribution in [0.1, 0.15) is 16.2 Å². The van der Waals surface area contributed by atoms with E-state index in [1.165, 1.54) is 6.07 Å². The number of nitrogens with zero attached hydrogens (tertiary/aromatic N) is 3. The summed E-state index contributed by atoms with van der Waals surface area (Å²) in [4.78, 5) is 11.2. The number of hydrogen-bond donors (Lipinski definition) is 3. The molecule has 1 amide bonds. The maximum atomic E-state index is 13.7. The third-order valence-corrected chi connectivity index (χ3v) is 2.87. The Morgan fingerprint density at radius 1 is 1.50 bits per heavy atom. The second kappa shape index (κ2) is 5.55. The lowest BCUT2D eigenvalue weighted by molar-refractivity contribution is 0.100. The number of amides is 1. The van der Waals surface area contributed by atoms with Gasteiger partial charge in [-0.05, 0) is 12.1 Å². The number of benzene rings is 1. The van der Waals surface area contributed by atoms with E-state index < -0.39 is 11.7 Å². The summed E-state index contributed by atoms with van der Waals surface area (Å²) in [7, 11) is 1.82. The van der Waals surface area contributed by atoms with Crippen molar-refractivity contribution in [3.63, 3.8) is 0 Å². The van der Waals surface area contributed by atoms with Gasteiger partial charge in [0.2, 0.25) is 0 Å².